The first kappa shape index (κ1) is 14.4. The molecule has 0 saturated heterocycles. The Morgan fingerprint density at radius 2 is 2.32 bits per heavy atom. The van der Waals surface area contributed by atoms with Gasteiger partial charge in [0.15, 0.2) is 0 Å². The number of hydrogen-bond donors (Lipinski definition) is 2. The highest BCUT2D eigenvalue weighted by Crippen LogP contribution is 2.31. The minimum atomic E-state index is -0.966. The molecule has 0 spiro atoms. The standard InChI is InChI=1S/C13H17NO3S2/c1-2-3-9(13(16)17)14-12(15)11-6-8-7-18-5-4-10(8)19-11/h6,9H,2-5,7H2,1H3,(H,14,15)(H,16,17). The molecule has 6 heteroatoms. The number of rotatable bonds is 5. The van der Waals surface area contributed by atoms with Crippen LogP contribution in [-0.2, 0) is 17.0 Å². The summed E-state index contributed by atoms with van der Waals surface area (Å²) in [5, 5.41) is 11.7. The van der Waals surface area contributed by atoms with E-state index in [2.05, 4.69) is 5.32 Å². The van der Waals surface area contributed by atoms with Gasteiger partial charge in [-0.3, -0.25) is 4.79 Å². The maximum absolute atomic E-state index is 12.1. The first-order chi connectivity index (χ1) is 9.11. The third-order valence-electron chi connectivity index (χ3n) is 3.03. The zero-order chi connectivity index (χ0) is 13.8. The fourth-order valence-corrected chi connectivity index (χ4v) is 4.31. The number of aliphatic carboxylic acids is 1. The lowest BCUT2D eigenvalue weighted by molar-refractivity contribution is -0.139. The summed E-state index contributed by atoms with van der Waals surface area (Å²) in [7, 11) is 0. The van der Waals surface area contributed by atoms with Crippen molar-refractivity contribution in [3.05, 3.63) is 21.4 Å². The van der Waals surface area contributed by atoms with E-state index in [1.54, 1.807) is 0 Å². The summed E-state index contributed by atoms with van der Waals surface area (Å²) in [6.07, 6.45) is 2.20. The minimum absolute atomic E-state index is 0.259. The van der Waals surface area contributed by atoms with Gasteiger partial charge in [-0.25, -0.2) is 4.79 Å². The van der Waals surface area contributed by atoms with E-state index in [0.29, 0.717) is 11.3 Å². The highest BCUT2D eigenvalue weighted by Gasteiger charge is 2.22. The van der Waals surface area contributed by atoms with Gasteiger partial charge >= 0.3 is 5.97 Å². The van der Waals surface area contributed by atoms with Crippen molar-refractivity contribution >= 4 is 35.0 Å². The van der Waals surface area contributed by atoms with Crippen molar-refractivity contribution in [2.75, 3.05) is 5.75 Å². The molecule has 0 saturated carbocycles. The Labute approximate surface area is 120 Å². The van der Waals surface area contributed by atoms with Crippen molar-refractivity contribution in [1.29, 1.82) is 0 Å². The van der Waals surface area contributed by atoms with E-state index in [1.165, 1.54) is 21.8 Å². The van der Waals surface area contributed by atoms with Crippen LogP contribution < -0.4 is 5.32 Å². The number of thioether (sulfide) groups is 1. The molecule has 1 aliphatic rings. The van der Waals surface area contributed by atoms with Gasteiger partial charge in [0.2, 0.25) is 0 Å². The molecule has 2 heterocycles. The smallest absolute Gasteiger partial charge is 0.326 e. The van der Waals surface area contributed by atoms with Crippen molar-refractivity contribution in [2.45, 2.75) is 38.0 Å². The number of aryl methyl sites for hydroxylation is 1. The summed E-state index contributed by atoms with van der Waals surface area (Å²) in [6, 6.07) is 1.12. The first-order valence-corrected chi connectivity index (χ1v) is 8.32. The highest BCUT2D eigenvalue weighted by atomic mass is 32.2. The van der Waals surface area contributed by atoms with Crippen LogP contribution in [0.3, 0.4) is 0 Å². The Morgan fingerprint density at radius 1 is 1.53 bits per heavy atom. The zero-order valence-corrected chi connectivity index (χ0v) is 12.4. The fraction of sp³-hybridized carbons (Fsp3) is 0.538. The Kier molecular flexibility index (Phi) is 4.87. The number of thiophene rings is 1. The van der Waals surface area contributed by atoms with Gasteiger partial charge in [0, 0.05) is 10.6 Å². The summed E-state index contributed by atoms with van der Waals surface area (Å²) in [4.78, 5) is 25.0. The average Bonchev–Trinajstić information content (AvgIpc) is 2.81. The van der Waals surface area contributed by atoms with E-state index in [9.17, 15) is 9.59 Å². The second-order valence-electron chi connectivity index (χ2n) is 4.51. The Hall–Kier alpha value is -1.01. The van der Waals surface area contributed by atoms with E-state index in [-0.39, 0.29) is 5.91 Å². The predicted octanol–water partition coefficient (Wildman–Crippen LogP) is 2.52. The van der Waals surface area contributed by atoms with E-state index in [1.807, 2.05) is 24.8 Å². The van der Waals surface area contributed by atoms with Crippen LogP contribution in [0, 0.1) is 0 Å². The molecular weight excluding hydrogens is 282 g/mol. The average molecular weight is 299 g/mol. The number of nitrogens with one attached hydrogen (secondary N) is 1. The van der Waals surface area contributed by atoms with Gasteiger partial charge in [0.05, 0.1) is 4.88 Å². The van der Waals surface area contributed by atoms with Crippen LogP contribution in [0.4, 0.5) is 0 Å². The molecule has 19 heavy (non-hydrogen) atoms. The SMILES string of the molecule is CCCC(NC(=O)c1cc2c(s1)CCSC2)C(=O)O. The molecule has 1 amide bonds. The van der Waals surface area contributed by atoms with Gasteiger partial charge in [-0.2, -0.15) is 11.8 Å². The van der Waals surface area contributed by atoms with Crippen molar-refractivity contribution in [3.63, 3.8) is 0 Å². The summed E-state index contributed by atoms with van der Waals surface area (Å²) in [6.45, 7) is 1.91. The summed E-state index contributed by atoms with van der Waals surface area (Å²) in [5.41, 5.74) is 1.23. The molecule has 0 aromatic carbocycles. The van der Waals surface area contributed by atoms with Crippen molar-refractivity contribution in [3.8, 4) is 0 Å². The molecule has 1 aromatic rings. The van der Waals surface area contributed by atoms with Crippen LogP contribution in [-0.4, -0.2) is 28.8 Å². The predicted molar refractivity (Wildman–Crippen MR) is 78.0 cm³/mol. The number of hydrogen-bond acceptors (Lipinski definition) is 4. The number of carboxylic acids is 1. The molecule has 0 fully saturated rings. The number of carbonyl (C=O) groups excluding carboxylic acids is 1. The van der Waals surface area contributed by atoms with Gasteiger partial charge in [-0.1, -0.05) is 13.3 Å². The fourth-order valence-electron chi connectivity index (χ4n) is 2.03. The second-order valence-corrected chi connectivity index (χ2v) is 6.76. The molecular formula is C13H17NO3S2. The van der Waals surface area contributed by atoms with E-state index >= 15 is 0 Å². The van der Waals surface area contributed by atoms with Crippen LogP contribution >= 0.6 is 23.1 Å². The monoisotopic (exact) mass is 299 g/mol. The van der Waals surface area contributed by atoms with Crippen molar-refractivity contribution < 1.29 is 14.7 Å². The molecule has 0 radical (unpaired) electrons. The van der Waals surface area contributed by atoms with E-state index in [0.717, 1.165) is 24.3 Å². The minimum Gasteiger partial charge on any atom is -0.480 e. The Morgan fingerprint density at radius 3 is 2.95 bits per heavy atom. The summed E-state index contributed by atoms with van der Waals surface area (Å²) >= 11 is 3.37. The third-order valence-corrected chi connectivity index (χ3v) is 5.28. The van der Waals surface area contributed by atoms with Gasteiger partial charge in [0.1, 0.15) is 6.04 Å². The molecule has 1 aliphatic heterocycles. The normalized spacial score (nSPS) is 15.6. The highest BCUT2D eigenvalue weighted by molar-refractivity contribution is 7.98. The molecule has 0 aliphatic carbocycles. The topological polar surface area (TPSA) is 66.4 Å². The second kappa shape index (κ2) is 6.43. The zero-order valence-electron chi connectivity index (χ0n) is 10.8. The van der Waals surface area contributed by atoms with E-state index in [4.69, 9.17) is 5.11 Å². The quantitative estimate of drug-likeness (QED) is 0.877. The van der Waals surface area contributed by atoms with E-state index < -0.39 is 12.0 Å². The largest absolute Gasteiger partial charge is 0.480 e. The van der Waals surface area contributed by atoms with Crippen molar-refractivity contribution in [2.24, 2.45) is 0 Å². The number of amides is 1. The maximum Gasteiger partial charge on any atom is 0.326 e. The third kappa shape index (κ3) is 3.51. The lowest BCUT2D eigenvalue weighted by Gasteiger charge is -2.12. The molecule has 0 bridgehead atoms. The van der Waals surface area contributed by atoms with Gasteiger partial charge in [-0.05, 0) is 30.2 Å². The van der Waals surface area contributed by atoms with Gasteiger partial charge < -0.3 is 10.4 Å². The molecule has 4 nitrogen and oxygen atoms in total. The maximum atomic E-state index is 12.1. The molecule has 2 N–H and O–H groups in total. The van der Waals surface area contributed by atoms with Gasteiger partial charge in [0.25, 0.3) is 5.91 Å². The number of fused-ring (bicyclic) bond motifs is 1. The molecule has 1 atom stereocenters. The van der Waals surface area contributed by atoms with Crippen LogP contribution in [0.2, 0.25) is 0 Å². The Balaban J connectivity index is 2.06. The first-order valence-electron chi connectivity index (χ1n) is 6.34. The number of carboxylic acid groups (broad SMARTS) is 1. The molecule has 2 rings (SSSR count). The molecule has 1 unspecified atom stereocenters. The lowest BCUT2D eigenvalue weighted by atomic mass is 10.1. The number of carbonyl (C=O) groups is 2. The molecule has 1 aromatic heterocycles. The Bertz CT molecular complexity index is 461. The van der Waals surface area contributed by atoms with Crippen LogP contribution in [0.1, 0.15) is 39.9 Å². The van der Waals surface area contributed by atoms with Gasteiger partial charge in [-0.15, -0.1) is 11.3 Å². The van der Waals surface area contributed by atoms with Crippen molar-refractivity contribution in [1.82, 2.24) is 5.32 Å². The lowest BCUT2D eigenvalue weighted by Crippen LogP contribution is -2.40. The summed E-state index contributed by atoms with van der Waals surface area (Å²) in [5.74, 6) is 0.829. The summed E-state index contributed by atoms with van der Waals surface area (Å²) < 4.78 is 0. The van der Waals surface area contributed by atoms with Crippen LogP contribution in [0.5, 0.6) is 0 Å². The van der Waals surface area contributed by atoms with Crippen LogP contribution in [0.25, 0.3) is 0 Å². The van der Waals surface area contributed by atoms with Crippen LogP contribution in [0.15, 0.2) is 6.07 Å². The molecule has 104 valence electrons.